The van der Waals surface area contributed by atoms with E-state index in [0.717, 1.165) is 34.3 Å². The monoisotopic (exact) mass is 619 g/mol. The van der Waals surface area contributed by atoms with Gasteiger partial charge in [-0.2, -0.15) is 5.10 Å². The summed E-state index contributed by atoms with van der Waals surface area (Å²) in [7, 11) is -1.28. The zero-order chi connectivity index (χ0) is 31.0. The lowest BCUT2D eigenvalue weighted by atomic mass is 10.0. The first-order chi connectivity index (χ1) is 21.1. The van der Waals surface area contributed by atoms with Crippen molar-refractivity contribution in [1.29, 1.82) is 0 Å². The van der Waals surface area contributed by atoms with Crippen LogP contribution in [-0.4, -0.2) is 67.4 Å². The van der Waals surface area contributed by atoms with E-state index in [2.05, 4.69) is 14.8 Å². The van der Waals surface area contributed by atoms with Crippen molar-refractivity contribution in [1.82, 2.24) is 19.7 Å². The van der Waals surface area contributed by atoms with Gasteiger partial charge in [-0.15, -0.1) is 0 Å². The van der Waals surface area contributed by atoms with Crippen molar-refractivity contribution < 1.29 is 31.5 Å². The first-order valence-corrected chi connectivity index (χ1v) is 15.1. The summed E-state index contributed by atoms with van der Waals surface area (Å²) >= 11 is 0. The van der Waals surface area contributed by atoms with Crippen molar-refractivity contribution in [3.63, 3.8) is 0 Å². The predicted molar refractivity (Wildman–Crippen MR) is 160 cm³/mol. The second kappa shape index (κ2) is 11.7. The van der Waals surface area contributed by atoms with Crippen molar-refractivity contribution in [3.8, 4) is 28.3 Å². The van der Waals surface area contributed by atoms with Gasteiger partial charge in [0.05, 0.1) is 31.5 Å². The van der Waals surface area contributed by atoms with E-state index in [1.165, 1.54) is 19.4 Å². The second-order valence-electron chi connectivity index (χ2n) is 10.1. The molecule has 1 fully saturated rings. The Morgan fingerprint density at radius 1 is 0.955 bits per heavy atom. The molecular weight excluding hydrogens is 592 g/mol. The van der Waals surface area contributed by atoms with E-state index >= 15 is 0 Å². The van der Waals surface area contributed by atoms with Gasteiger partial charge in [-0.1, -0.05) is 18.2 Å². The summed E-state index contributed by atoms with van der Waals surface area (Å²) in [4.78, 5) is 18.2. The number of hydrogen-bond acceptors (Lipinski definition) is 7. The molecule has 0 atom stereocenters. The van der Waals surface area contributed by atoms with E-state index < -0.39 is 26.6 Å². The van der Waals surface area contributed by atoms with Crippen LogP contribution in [0.4, 0.5) is 14.5 Å². The van der Waals surface area contributed by atoms with Gasteiger partial charge in [0.15, 0.2) is 0 Å². The number of aryl methyl sites for hydroxylation is 1. The molecule has 3 aromatic carbocycles. The minimum absolute atomic E-state index is 0.0271. The van der Waals surface area contributed by atoms with Gasteiger partial charge in [0, 0.05) is 54.5 Å². The molecular formula is C31H27F2N5O5S. The third-order valence-electron chi connectivity index (χ3n) is 7.34. The molecule has 1 aliphatic heterocycles. The van der Waals surface area contributed by atoms with Crippen LogP contribution in [-0.2, 0) is 21.8 Å². The molecule has 226 valence electrons. The number of methoxy groups -OCH3 is 1. The average Bonchev–Trinajstić information content (AvgIpc) is 3.35. The first kappa shape index (κ1) is 29.2. The summed E-state index contributed by atoms with van der Waals surface area (Å²) in [5.41, 5.74) is 4.22. The maximum atomic E-state index is 14.3. The van der Waals surface area contributed by atoms with E-state index in [9.17, 15) is 22.0 Å². The van der Waals surface area contributed by atoms with Gasteiger partial charge in [0.25, 0.3) is 15.9 Å². The third kappa shape index (κ3) is 5.58. The van der Waals surface area contributed by atoms with E-state index in [1.54, 1.807) is 21.7 Å². The van der Waals surface area contributed by atoms with Crippen LogP contribution in [0.3, 0.4) is 0 Å². The fraction of sp³-hybridized carbons (Fsp3) is 0.194. The molecule has 44 heavy (non-hydrogen) atoms. The lowest BCUT2D eigenvalue weighted by Crippen LogP contribution is -2.40. The first-order valence-electron chi connectivity index (χ1n) is 13.6. The number of rotatable bonds is 7. The van der Waals surface area contributed by atoms with Crippen LogP contribution in [0, 0.1) is 11.6 Å². The van der Waals surface area contributed by atoms with Crippen molar-refractivity contribution in [2.45, 2.75) is 4.90 Å². The van der Waals surface area contributed by atoms with Gasteiger partial charge in [-0.3, -0.25) is 14.2 Å². The summed E-state index contributed by atoms with van der Waals surface area (Å²) in [6, 6.07) is 16.7. The molecule has 5 aromatic rings. The Kier molecular flexibility index (Phi) is 7.74. The number of benzene rings is 3. The molecule has 2 aromatic heterocycles. The normalized spacial score (nSPS) is 13.7. The summed E-state index contributed by atoms with van der Waals surface area (Å²) < 4.78 is 68.3. The number of halogens is 2. The van der Waals surface area contributed by atoms with Crippen LogP contribution >= 0.6 is 0 Å². The van der Waals surface area contributed by atoms with Crippen LogP contribution in [0.15, 0.2) is 77.8 Å². The van der Waals surface area contributed by atoms with Crippen molar-refractivity contribution in [2.75, 3.05) is 38.1 Å². The molecule has 1 amide bonds. The molecule has 0 radical (unpaired) electrons. The van der Waals surface area contributed by atoms with Crippen molar-refractivity contribution in [2.24, 2.45) is 7.05 Å². The molecule has 0 aliphatic carbocycles. The van der Waals surface area contributed by atoms with Gasteiger partial charge in [0.1, 0.15) is 22.2 Å². The number of carbonyl (C=O) groups is 1. The highest BCUT2D eigenvalue weighted by Gasteiger charge is 2.23. The molecule has 10 nitrogen and oxygen atoms in total. The van der Waals surface area contributed by atoms with Crippen molar-refractivity contribution >= 4 is 32.5 Å². The fourth-order valence-corrected chi connectivity index (χ4v) is 6.29. The minimum atomic E-state index is -4.44. The number of pyridine rings is 1. The quantitative estimate of drug-likeness (QED) is 0.277. The molecule has 1 saturated heterocycles. The third-order valence-corrected chi connectivity index (χ3v) is 8.74. The number of nitrogens with zero attached hydrogens (tertiary/aromatic N) is 4. The number of morpholine rings is 1. The smallest absolute Gasteiger partial charge is 0.264 e. The topological polar surface area (TPSA) is 116 Å². The predicted octanol–water partition coefficient (Wildman–Crippen LogP) is 4.86. The number of anilines is 1. The largest absolute Gasteiger partial charge is 0.480 e. The Balaban J connectivity index is 1.34. The Bertz CT molecular complexity index is 1990. The zero-order valence-corrected chi connectivity index (χ0v) is 24.6. The number of hydrogen-bond donors (Lipinski definition) is 1. The maximum Gasteiger partial charge on any atom is 0.264 e. The van der Waals surface area contributed by atoms with Crippen LogP contribution in [0.5, 0.6) is 5.88 Å². The van der Waals surface area contributed by atoms with E-state index in [1.807, 2.05) is 37.4 Å². The molecule has 13 heteroatoms. The molecule has 1 N–H and O–H groups in total. The highest BCUT2D eigenvalue weighted by atomic mass is 32.2. The lowest BCUT2D eigenvalue weighted by molar-refractivity contribution is 0.0303. The van der Waals surface area contributed by atoms with E-state index in [-0.39, 0.29) is 17.5 Å². The van der Waals surface area contributed by atoms with Crippen LogP contribution in [0.1, 0.15) is 10.4 Å². The number of amides is 1. The van der Waals surface area contributed by atoms with Crippen LogP contribution in [0.2, 0.25) is 0 Å². The minimum Gasteiger partial charge on any atom is -0.480 e. The zero-order valence-electron chi connectivity index (χ0n) is 23.8. The Labute approximate surface area is 251 Å². The Morgan fingerprint density at radius 2 is 1.68 bits per heavy atom. The molecule has 1 aliphatic rings. The van der Waals surface area contributed by atoms with Gasteiger partial charge < -0.3 is 14.4 Å². The Morgan fingerprint density at radius 3 is 2.39 bits per heavy atom. The molecule has 6 rings (SSSR count). The SMILES string of the molecule is COc1ncc(-c2ccc3nn(C)c(-c4ccc(C(=O)N5CCOCC5)cc4)c3c2)cc1NS(=O)(=O)c1ccc(F)cc1F. The number of sulfonamides is 1. The maximum absolute atomic E-state index is 14.3. The van der Waals surface area contributed by atoms with Gasteiger partial charge in [0.2, 0.25) is 5.88 Å². The lowest BCUT2D eigenvalue weighted by Gasteiger charge is -2.26. The highest BCUT2D eigenvalue weighted by molar-refractivity contribution is 7.92. The molecule has 0 saturated carbocycles. The van der Waals surface area contributed by atoms with Gasteiger partial charge in [-0.25, -0.2) is 22.2 Å². The summed E-state index contributed by atoms with van der Waals surface area (Å²) in [6.45, 7) is 2.17. The molecule has 3 heterocycles. The standard InChI is InChI=1S/C31H27F2N5O5S/c1-37-29(19-3-5-20(6-4-19)31(39)38-11-13-43-14-12-38)24-15-21(7-9-26(24)35-37)22-16-27(30(42-2)34-18-22)36-44(40,41)28-10-8-23(32)17-25(28)33/h3-10,15-18,36H,11-14H2,1-2H3. The van der Waals surface area contributed by atoms with Gasteiger partial charge in [-0.05, 0) is 48.0 Å². The summed E-state index contributed by atoms with van der Waals surface area (Å²) in [6.07, 6.45) is 1.53. The molecule has 0 bridgehead atoms. The van der Waals surface area contributed by atoms with E-state index in [4.69, 9.17) is 9.47 Å². The number of nitrogens with one attached hydrogen (secondary N) is 1. The molecule has 0 spiro atoms. The van der Waals surface area contributed by atoms with Crippen LogP contribution in [0.25, 0.3) is 33.3 Å². The summed E-state index contributed by atoms with van der Waals surface area (Å²) in [5.74, 6) is -2.20. The Hall–Kier alpha value is -4.88. The average molecular weight is 620 g/mol. The number of ether oxygens (including phenoxy) is 2. The summed E-state index contributed by atoms with van der Waals surface area (Å²) in [5, 5.41) is 5.46. The number of carbonyl (C=O) groups excluding carboxylic acids is 1. The van der Waals surface area contributed by atoms with Gasteiger partial charge >= 0.3 is 0 Å². The van der Waals surface area contributed by atoms with Crippen LogP contribution < -0.4 is 9.46 Å². The second-order valence-corrected chi connectivity index (χ2v) is 11.8. The highest BCUT2D eigenvalue weighted by Crippen LogP contribution is 2.35. The fourth-order valence-electron chi connectivity index (χ4n) is 5.18. The van der Waals surface area contributed by atoms with Crippen molar-refractivity contribution in [3.05, 3.63) is 90.1 Å². The molecule has 0 unspecified atom stereocenters. The van der Waals surface area contributed by atoms with E-state index in [0.29, 0.717) is 49.1 Å². The number of aromatic nitrogens is 3. The number of fused-ring (bicyclic) bond motifs is 1.